The second kappa shape index (κ2) is 5.52. The SMILES string of the molecule is Cl.N[C@@H](c1cccs1)c1ccccc1Cl. The lowest BCUT2D eigenvalue weighted by atomic mass is 10.1. The van der Waals surface area contributed by atoms with Crippen LogP contribution in [0.1, 0.15) is 16.5 Å². The Morgan fingerprint density at radius 3 is 2.47 bits per heavy atom. The Labute approximate surface area is 104 Å². The quantitative estimate of drug-likeness (QED) is 0.871. The van der Waals surface area contributed by atoms with Gasteiger partial charge in [0.2, 0.25) is 0 Å². The summed E-state index contributed by atoms with van der Waals surface area (Å²) in [5, 5.41) is 2.75. The van der Waals surface area contributed by atoms with Crippen molar-refractivity contribution in [2.75, 3.05) is 0 Å². The summed E-state index contributed by atoms with van der Waals surface area (Å²) in [5.74, 6) is 0. The molecule has 15 heavy (non-hydrogen) atoms. The molecule has 0 spiro atoms. The first-order valence-corrected chi connectivity index (χ1v) is 5.58. The number of hydrogen-bond acceptors (Lipinski definition) is 2. The molecule has 0 amide bonds. The molecule has 1 aromatic carbocycles. The number of nitrogens with two attached hydrogens (primary N) is 1. The Morgan fingerprint density at radius 1 is 1.13 bits per heavy atom. The third-order valence-corrected chi connectivity index (χ3v) is 3.39. The van der Waals surface area contributed by atoms with E-state index in [1.807, 2.05) is 41.8 Å². The van der Waals surface area contributed by atoms with Crippen LogP contribution < -0.4 is 5.73 Å². The molecule has 0 aliphatic rings. The van der Waals surface area contributed by atoms with Gasteiger partial charge in [0.05, 0.1) is 6.04 Å². The lowest BCUT2D eigenvalue weighted by Crippen LogP contribution is -2.10. The van der Waals surface area contributed by atoms with E-state index < -0.39 is 0 Å². The van der Waals surface area contributed by atoms with Crippen molar-refractivity contribution in [1.82, 2.24) is 0 Å². The summed E-state index contributed by atoms with van der Waals surface area (Å²) in [4.78, 5) is 1.14. The van der Waals surface area contributed by atoms with Gasteiger partial charge >= 0.3 is 0 Å². The van der Waals surface area contributed by atoms with E-state index in [9.17, 15) is 0 Å². The molecule has 0 radical (unpaired) electrons. The smallest absolute Gasteiger partial charge is 0.0660 e. The topological polar surface area (TPSA) is 26.0 Å². The normalized spacial score (nSPS) is 11.9. The first kappa shape index (κ1) is 12.5. The summed E-state index contributed by atoms with van der Waals surface area (Å²) < 4.78 is 0. The summed E-state index contributed by atoms with van der Waals surface area (Å²) in [6.45, 7) is 0. The average Bonchev–Trinajstić information content (AvgIpc) is 2.70. The van der Waals surface area contributed by atoms with Crippen LogP contribution in [0, 0.1) is 0 Å². The summed E-state index contributed by atoms with van der Waals surface area (Å²) in [5.41, 5.74) is 7.07. The van der Waals surface area contributed by atoms with E-state index in [1.54, 1.807) is 11.3 Å². The molecule has 2 rings (SSSR count). The number of hydrogen-bond donors (Lipinski definition) is 1. The zero-order chi connectivity index (χ0) is 9.97. The van der Waals surface area contributed by atoms with Crippen molar-refractivity contribution in [1.29, 1.82) is 0 Å². The van der Waals surface area contributed by atoms with Crippen molar-refractivity contribution in [3.05, 3.63) is 57.2 Å². The predicted molar refractivity (Wildman–Crippen MR) is 69.0 cm³/mol. The Hall–Kier alpha value is -0.540. The molecule has 0 saturated heterocycles. The molecule has 4 heteroatoms. The maximum absolute atomic E-state index is 6.09. The number of benzene rings is 1. The minimum Gasteiger partial charge on any atom is -0.320 e. The van der Waals surface area contributed by atoms with Crippen molar-refractivity contribution in [2.24, 2.45) is 5.73 Å². The highest BCUT2D eigenvalue weighted by molar-refractivity contribution is 7.10. The van der Waals surface area contributed by atoms with E-state index in [0.717, 1.165) is 15.5 Å². The summed E-state index contributed by atoms with van der Waals surface area (Å²) >= 11 is 7.71. The predicted octanol–water partition coefficient (Wildman–Crippen LogP) is 3.87. The lowest BCUT2D eigenvalue weighted by Gasteiger charge is -2.11. The van der Waals surface area contributed by atoms with Gasteiger partial charge in [-0.05, 0) is 23.1 Å². The Balaban J connectivity index is 0.00000112. The standard InChI is InChI=1S/C11H10ClNS.ClH/c12-9-5-2-1-4-8(9)11(13)10-6-3-7-14-10;/h1-7,11H,13H2;1H/t11-;/m1./s1. The van der Waals surface area contributed by atoms with Gasteiger partial charge in [-0.3, -0.25) is 0 Å². The summed E-state index contributed by atoms with van der Waals surface area (Å²) in [6, 6.07) is 11.6. The molecule has 0 unspecified atom stereocenters. The molecule has 0 saturated carbocycles. The highest BCUT2D eigenvalue weighted by atomic mass is 35.5. The molecule has 1 nitrogen and oxygen atoms in total. The fraction of sp³-hybridized carbons (Fsp3) is 0.0909. The minimum absolute atomic E-state index is 0. The maximum Gasteiger partial charge on any atom is 0.0660 e. The molecular formula is C11H11Cl2NS. The van der Waals surface area contributed by atoms with Gasteiger partial charge in [0.25, 0.3) is 0 Å². The zero-order valence-corrected chi connectivity index (χ0v) is 10.3. The van der Waals surface area contributed by atoms with Crippen molar-refractivity contribution in [3.63, 3.8) is 0 Å². The van der Waals surface area contributed by atoms with Crippen LogP contribution in [-0.2, 0) is 0 Å². The molecule has 0 bridgehead atoms. The highest BCUT2D eigenvalue weighted by Crippen LogP contribution is 2.28. The van der Waals surface area contributed by atoms with Gasteiger partial charge in [-0.25, -0.2) is 0 Å². The molecule has 0 aliphatic carbocycles. The highest BCUT2D eigenvalue weighted by Gasteiger charge is 2.12. The van der Waals surface area contributed by atoms with Crippen LogP contribution >= 0.6 is 35.3 Å². The average molecular weight is 260 g/mol. The van der Waals surface area contributed by atoms with Crippen molar-refractivity contribution < 1.29 is 0 Å². The Bertz CT molecular complexity index is 414. The largest absolute Gasteiger partial charge is 0.320 e. The van der Waals surface area contributed by atoms with Gasteiger partial charge in [0.15, 0.2) is 0 Å². The molecular weight excluding hydrogens is 249 g/mol. The monoisotopic (exact) mass is 259 g/mol. The van der Waals surface area contributed by atoms with Crippen LogP contribution in [0.2, 0.25) is 5.02 Å². The van der Waals surface area contributed by atoms with Gasteiger partial charge < -0.3 is 5.73 Å². The number of thiophene rings is 1. The number of halogens is 2. The second-order valence-corrected chi connectivity index (χ2v) is 4.40. The molecule has 1 aromatic heterocycles. The van der Waals surface area contributed by atoms with E-state index in [1.165, 1.54) is 0 Å². The van der Waals surface area contributed by atoms with E-state index >= 15 is 0 Å². The zero-order valence-electron chi connectivity index (χ0n) is 7.89. The van der Waals surface area contributed by atoms with Gasteiger partial charge in [0, 0.05) is 9.90 Å². The van der Waals surface area contributed by atoms with Crippen LogP contribution in [0.3, 0.4) is 0 Å². The second-order valence-electron chi connectivity index (χ2n) is 3.01. The van der Waals surface area contributed by atoms with Crippen molar-refractivity contribution in [3.8, 4) is 0 Å². The van der Waals surface area contributed by atoms with E-state index in [0.29, 0.717) is 0 Å². The molecule has 2 N–H and O–H groups in total. The maximum atomic E-state index is 6.09. The molecule has 0 fully saturated rings. The molecule has 2 aromatic rings. The van der Waals surface area contributed by atoms with E-state index in [2.05, 4.69) is 0 Å². The van der Waals surface area contributed by atoms with Gasteiger partial charge in [-0.15, -0.1) is 23.7 Å². The third-order valence-electron chi connectivity index (χ3n) is 2.09. The molecule has 0 aliphatic heterocycles. The minimum atomic E-state index is -0.108. The van der Waals surface area contributed by atoms with Gasteiger partial charge in [-0.1, -0.05) is 35.9 Å². The van der Waals surface area contributed by atoms with Crippen LogP contribution in [-0.4, -0.2) is 0 Å². The fourth-order valence-corrected chi connectivity index (χ4v) is 2.35. The summed E-state index contributed by atoms with van der Waals surface area (Å²) in [7, 11) is 0. The van der Waals surface area contributed by atoms with Crippen LogP contribution in [0.15, 0.2) is 41.8 Å². The molecule has 1 heterocycles. The van der Waals surface area contributed by atoms with Crippen LogP contribution in [0.25, 0.3) is 0 Å². The summed E-state index contributed by atoms with van der Waals surface area (Å²) in [6.07, 6.45) is 0. The molecule has 1 atom stereocenters. The van der Waals surface area contributed by atoms with Gasteiger partial charge in [0.1, 0.15) is 0 Å². The van der Waals surface area contributed by atoms with Crippen molar-refractivity contribution in [2.45, 2.75) is 6.04 Å². The fourth-order valence-electron chi connectivity index (χ4n) is 1.35. The lowest BCUT2D eigenvalue weighted by molar-refractivity contribution is 0.894. The third kappa shape index (κ3) is 2.73. The van der Waals surface area contributed by atoms with Crippen LogP contribution in [0.4, 0.5) is 0 Å². The number of rotatable bonds is 2. The van der Waals surface area contributed by atoms with Crippen molar-refractivity contribution >= 4 is 35.3 Å². The molecule has 80 valence electrons. The Morgan fingerprint density at radius 2 is 1.87 bits per heavy atom. The van der Waals surface area contributed by atoms with Crippen LogP contribution in [0.5, 0.6) is 0 Å². The van der Waals surface area contributed by atoms with Gasteiger partial charge in [-0.2, -0.15) is 0 Å². The first-order valence-electron chi connectivity index (χ1n) is 4.32. The Kier molecular flexibility index (Phi) is 4.61. The first-order chi connectivity index (χ1) is 6.79. The van der Waals surface area contributed by atoms with E-state index in [4.69, 9.17) is 17.3 Å². The van der Waals surface area contributed by atoms with E-state index in [-0.39, 0.29) is 18.4 Å².